The van der Waals surface area contributed by atoms with Crippen molar-refractivity contribution in [3.05, 3.63) is 54.1 Å². The van der Waals surface area contributed by atoms with Gasteiger partial charge in [-0.25, -0.2) is 4.98 Å². The van der Waals surface area contributed by atoms with Gasteiger partial charge >= 0.3 is 0 Å². The monoisotopic (exact) mass is 306 g/mol. The fraction of sp³-hybridized carbons (Fsp3) is 0.400. The highest BCUT2D eigenvalue weighted by molar-refractivity contribution is 9.09. The van der Waals surface area contributed by atoms with Gasteiger partial charge in [-0.05, 0) is 18.4 Å². The summed E-state index contributed by atoms with van der Waals surface area (Å²) in [7, 11) is 0. The molecule has 0 amide bonds. The van der Waals surface area contributed by atoms with E-state index in [0.717, 1.165) is 25.8 Å². The molecular formula is C15H19BrN2. The number of hydrogen-bond acceptors (Lipinski definition) is 1. The van der Waals surface area contributed by atoms with Gasteiger partial charge in [0.25, 0.3) is 0 Å². The minimum atomic E-state index is 0.408. The summed E-state index contributed by atoms with van der Waals surface area (Å²) in [4.78, 5) is 4.85. The zero-order valence-electron chi connectivity index (χ0n) is 10.7. The van der Waals surface area contributed by atoms with Gasteiger partial charge in [-0.2, -0.15) is 0 Å². The Bertz CT molecular complexity index is 464. The van der Waals surface area contributed by atoms with E-state index in [-0.39, 0.29) is 0 Å². The van der Waals surface area contributed by atoms with Crippen molar-refractivity contribution in [3.63, 3.8) is 0 Å². The Morgan fingerprint density at radius 3 is 2.78 bits per heavy atom. The summed E-state index contributed by atoms with van der Waals surface area (Å²) < 4.78 is 2.25. The molecule has 0 saturated carbocycles. The second-order valence-electron chi connectivity index (χ2n) is 4.45. The predicted molar refractivity (Wildman–Crippen MR) is 78.9 cm³/mol. The standard InChI is InChI=1S/C15H19BrN2/c1-2-11-18-12-10-17-15(18)9-8-14(16)13-6-4-3-5-7-13/h3-7,10,12,14H,2,8-9,11H2,1H3. The maximum atomic E-state index is 4.44. The smallest absolute Gasteiger partial charge is 0.108 e. The maximum Gasteiger partial charge on any atom is 0.108 e. The van der Waals surface area contributed by atoms with Crippen molar-refractivity contribution in [1.29, 1.82) is 0 Å². The highest BCUT2D eigenvalue weighted by Crippen LogP contribution is 2.27. The number of halogens is 1. The van der Waals surface area contributed by atoms with Gasteiger partial charge in [0.05, 0.1) is 0 Å². The van der Waals surface area contributed by atoms with Crippen LogP contribution in [0.2, 0.25) is 0 Å². The third-order valence-corrected chi connectivity index (χ3v) is 4.04. The first-order chi connectivity index (χ1) is 8.81. The van der Waals surface area contributed by atoms with Crippen LogP contribution in [0.4, 0.5) is 0 Å². The van der Waals surface area contributed by atoms with E-state index >= 15 is 0 Å². The van der Waals surface area contributed by atoms with Gasteiger partial charge in [0.15, 0.2) is 0 Å². The van der Waals surface area contributed by atoms with Crippen LogP contribution >= 0.6 is 15.9 Å². The van der Waals surface area contributed by atoms with Crippen LogP contribution in [0, 0.1) is 0 Å². The Kier molecular flexibility index (Phi) is 5.00. The van der Waals surface area contributed by atoms with Crippen LogP contribution in [0.1, 0.15) is 36.0 Å². The molecule has 0 spiro atoms. The SMILES string of the molecule is CCCn1ccnc1CCC(Br)c1ccccc1. The number of aryl methyl sites for hydroxylation is 2. The van der Waals surface area contributed by atoms with Crippen molar-refractivity contribution in [2.45, 2.75) is 37.6 Å². The van der Waals surface area contributed by atoms with Gasteiger partial charge < -0.3 is 4.57 Å². The Hall–Kier alpha value is -1.09. The van der Waals surface area contributed by atoms with Gasteiger partial charge in [0, 0.05) is 30.2 Å². The molecule has 0 fully saturated rings. The lowest BCUT2D eigenvalue weighted by Gasteiger charge is -2.11. The summed E-state index contributed by atoms with van der Waals surface area (Å²) >= 11 is 3.76. The van der Waals surface area contributed by atoms with Gasteiger partial charge in [-0.3, -0.25) is 0 Å². The van der Waals surface area contributed by atoms with Crippen LogP contribution in [0.3, 0.4) is 0 Å². The number of imidazole rings is 1. The largest absolute Gasteiger partial charge is 0.335 e. The molecule has 2 aromatic rings. The van der Waals surface area contributed by atoms with E-state index in [1.807, 2.05) is 6.20 Å². The molecule has 0 N–H and O–H groups in total. The minimum absolute atomic E-state index is 0.408. The molecule has 0 saturated heterocycles. The van der Waals surface area contributed by atoms with Crippen LogP contribution in [-0.2, 0) is 13.0 Å². The summed E-state index contributed by atoms with van der Waals surface area (Å²) in [6, 6.07) is 10.6. The zero-order chi connectivity index (χ0) is 12.8. The fourth-order valence-electron chi connectivity index (χ4n) is 2.10. The van der Waals surface area contributed by atoms with E-state index in [2.05, 4.69) is 68.9 Å². The lowest BCUT2D eigenvalue weighted by Crippen LogP contribution is -2.04. The molecule has 2 rings (SSSR count). The summed E-state index contributed by atoms with van der Waals surface area (Å²) in [6.07, 6.45) is 7.21. The molecule has 2 nitrogen and oxygen atoms in total. The highest BCUT2D eigenvalue weighted by Gasteiger charge is 2.09. The Morgan fingerprint density at radius 2 is 2.06 bits per heavy atom. The van der Waals surface area contributed by atoms with Crippen molar-refractivity contribution >= 4 is 15.9 Å². The number of benzene rings is 1. The summed E-state index contributed by atoms with van der Waals surface area (Å²) in [5.74, 6) is 1.19. The molecule has 1 atom stereocenters. The van der Waals surface area contributed by atoms with Gasteiger partial charge in [-0.15, -0.1) is 0 Å². The highest BCUT2D eigenvalue weighted by atomic mass is 79.9. The maximum absolute atomic E-state index is 4.44. The number of alkyl halides is 1. The van der Waals surface area contributed by atoms with Gasteiger partial charge in [0.2, 0.25) is 0 Å². The number of nitrogens with zero attached hydrogens (tertiary/aromatic N) is 2. The van der Waals surface area contributed by atoms with Gasteiger partial charge in [-0.1, -0.05) is 53.2 Å². The molecule has 0 aliphatic heterocycles. The lowest BCUT2D eigenvalue weighted by molar-refractivity contribution is 0.622. The molecule has 0 aliphatic rings. The molecule has 18 heavy (non-hydrogen) atoms. The molecule has 0 radical (unpaired) electrons. The van der Waals surface area contributed by atoms with Crippen molar-refractivity contribution in [1.82, 2.24) is 9.55 Å². The van der Waals surface area contributed by atoms with Crippen molar-refractivity contribution in [2.24, 2.45) is 0 Å². The molecule has 96 valence electrons. The molecule has 1 heterocycles. The molecule has 0 bridgehead atoms. The first kappa shape index (κ1) is 13.3. The van der Waals surface area contributed by atoms with Crippen LogP contribution in [-0.4, -0.2) is 9.55 Å². The number of rotatable bonds is 6. The van der Waals surface area contributed by atoms with E-state index in [1.165, 1.54) is 11.4 Å². The number of aromatic nitrogens is 2. The lowest BCUT2D eigenvalue weighted by atomic mass is 10.1. The first-order valence-corrected chi connectivity index (χ1v) is 7.42. The van der Waals surface area contributed by atoms with Crippen molar-refractivity contribution in [2.75, 3.05) is 0 Å². The fourth-order valence-corrected chi connectivity index (χ4v) is 2.63. The molecule has 1 unspecified atom stereocenters. The normalized spacial score (nSPS) is 12.6. The second kappa shape index (κ2) is 6.74. The van der Waals surface area contributed by atoms with Crippen LogP contribution in [0.25, 0.3) is 0 Å². The minimum Gasteiger partial charge on any atom is -0.335 e. The topological polar surface area (TPSA) is 17.8 Å². The zero-order valence-corrected chi connectivity index (χ0v) is 12.3. The summed E-state index contributed by atoms with van der Waals surface area (Å²) in [6.45, 7) is 3.26. The van der Waals surface area contributed by atoms with E-state index in [0.29, 0.717) is 4.83 Å². The van der Waals surface area contributed by atoms with Crippen LogP contribution in [0.5, 0.6) is 0 Å². The third kappa shape index (κ3) is 3.45. The van der Waals surface area contributed by atoms with E-state index in [9.17, 15) is 0 Å². The Balaban J connectivity index is 1.93. The average molecular weight is 307 g/mol. The molecular weight excluding hydrogens is 288 g/mol. The summed E-state index contributed by atoms with van der Waals surface area (Å²) in [5.41, 5.74) is 1.34. The Morgan fingerprint density at radius 1 is 1.28 bits per heavy atom. The van der Waals surface area contributed by atoms with Crippen LogP contribution in [0.15, 0.2) is 42.7 Å². The molecule has 0 aliphatic carbocycles. The Labute approximate surface area is 117 Å². The van der Waals surface area contributed by atoms with E-state index in [4.69, 9.17) is 0 Å². The molecule has 1 aromatic heterocycles. The predicted octanol–water partition coefficient (Wildman–Crippen LogP) is 4.36. The average Bonchev–Trinajstić information content (AvgIpc) is 2.85. The summed E-state index contributed by atoms with van der Waals surface area (Å²) in [5, 5.41) is 0. The third-order valence-electron chi connectivity index (χ3n) is 3.05. The number of hydrogen-bond donors (Lipinski definition) is 0. The van der Waals surface area contributed by atoms with Crippen molar-refractivity contribution in [3.8, 4) is 0 Å². The second-order valence-corrected chi connectivity index (χ2v) is 5.56. The van der Waals surface area contributed by atoms with Gasteiger partial charge in [0.1, 0.15) is 5.82 Å². The quantitative estimate of drug-likeness (QED) is 0.725. The van der Waals surface area contributed by atoms with Crippen molar-refractivity contribution < 1.29 is 0 Å². The molecule has 3 heteroatoms. The molecule has 1 aromatic carbocycles. The van der Waals surface area contributed by atoms with Crippen LogP contribution < -0.4 is 0 Å². The first-order valence-electron chi connectivity index (χ1n) is 6.50. The van der Waals surface area contributed by atoms with E-state index < -0.39 is 0 Å². The van der Waals surface area contributed by atoms with E-state index in [1.54, 1.807) is 0 Å².